The molecular weight excluding hydrogens is 264 g/mol. The van der Waals surface area contributed by atoms with E-state index < -0.39 is 0 Å². The number of terminal acetylenes is 1. The Bertz CT molecular complexity index is 641. The summed E-state index contributed by atoms with van der Waals surface area (Å²) < 4.78 is 4.75. The molecule has 2 heterocycles. The Morgan fingerprint density at radius 3 is 3.00 bits per heavy atom. The fourth-order valence-electron chi connectivity index (χ4n) is 2.02. The van der Waals surface area contributed by atoms with Crippen LogP contribution in [0.15, 0.2) is 0 Å². The van der Waals surface area contributed by atoms with Crippen LogP contribution in [0.25, 0.3) is 11.2 Å². The lowest BCUT2D eigenvalue weighted by atomic mass is 10.3. The van der Waals surface area contributed by atoms with Crippen LogP contribution in [-0.4, -0.2) is 30.8 Å². The van der Waals surface area contributed by atoms with Gasteiger partial charge in [-0.15, -0.1) is 18.2 Å². The first-order chi connectivity index (χ1) is 8.69. The molecule has 0 aliphatic carbocycles. The number of aryl methyl sites for hydroxylation is 3. The fourth-order valence-corrected chi connectivity index (χ4v) is 2.87. The first kappa shape index (κ1) is 13.2. The van der Waals surface area contributed by atoms with Crippen LogP contribution in [-0.2, 0) is 20.0 Å². The maximum absolute atomic E-state index is 5.37. The summed E-state index contributed by atoms with van der Waals surface area (Å²) >= 11 is 7.11. The van der Waals surface area contributed by atoms with E-state index in [9.17, 15) is 0 Å². The number of aromatic nitrogens is 4. The van der Waals surface area contributed by atoms with Gasteiger partial charge in [-0.3, -0.25) is 4.68 Å². The van der Waals surface area contributed by atoms with Crippen LogP contribution < -0.4 is 0 Å². The zero-order valence-corrected chi connectivity index (χ0v) is 12.2. The van der Waals surface area contributed by atoms with Gasteiger partial charge in [0, 0.05) is 19.3 Å². The van der Waals surface area contributed by atoms with E-state index in [1.807, 2.05) is 11.7 Å². The zero-order valence-electron chi connectivity index (χ0n) is 10.6. The highest BCUT2D eigenvalue weighted by Crippen LogP contribution is 2.18. The molecule has 0 atom stereocenters. The van der Waals surface area contributed by atoms with Gasteiger partial charge in [-0.25, -0.2) is 0 Å². The third-order valence-electron chi connectivity index (χ3n) is 2.80. The molecule has 2 aromatic rings. The smallest absolute Gasteiger partial charge is 0.179 e. The molecule has 0 radical (unpaired) electrons. The van der Waals surface area contributed by atoms with Crippen LogP contribution in [0.3, 0.4) is 0 Å². The molecule has 0 fully saturated rings. The number of nitrogens with one attached hydrogen (secondary N) is 1. The van der Waals surface area contributed by atoms with E-state index in [1.54, 1.807) is 11.8 Å². The highest BCUT2D eigenvalue weighted by atomic mass is 32.2. The Labute approximate surface area is 116 Å². The summed E-state index contributed by atoms with van der Waals surface area (Å²) in [5.41, 5.74) is 3.19. The summed E-state index contributed by atoms with van der Waals surface area (Å²) in [6, 6.07) is 0. The van der Waals surface area contributed by atoms with Crippen molar-refractivity contribution in [3.8, 4) is 12.3 Å². The van der Waals surface area contributed by atoms with Crippen LogP contribution in [0.5, 0.6) is 0 Å². The van der Waals surface area contributed by atoms with E-state index >= 15 is 0 Å². The van der Waals surface area contributed by atoms with Crippen molar-refractivity contribution in [2.75, 3.05) is 11.5 Å². The highest BCUT2D eigenvalue weighted by molar-refractivity contribution is 7.99. The van der Waals surface area contributed by atoms with Gasteiger partial charge in [-0.05, 0) is 18.6 Å². The Morgan fingerprint density at radius 2 is 2.33 bits per heavy atom. The van der Waals surface area contributed by atoms with Crippen LogP contribution in [0.1, 0.15) is 12.6 Å². The lowest BCUT2D eigenvalue weighted by Crippen LogP contribution is -2.05. The van der Waals surface area contributed by atoms with E-state index in [2.05, 4.69) is 27.5 Å². The number of thioether (sulfide) groups is 1. The summed E-state index contributed by atoms with van der Waals surface area (Å²) in [4.78, 5) is 3.25. The summed E-state index contributed by atoms with van der Waals surface area (Å²) in [5.74, 6) is 4.33. The molecule has 2 aromatic heterocycles. The SMILES string of the molecule is C#CCSCCn1c(=S)[nH]c2c(CC)nn(C)c21. The number of H-pyrrole nitrogens is 1. The molecule has 1 N–H and O–H groups in total. The lowest BCUT2D eigenvalue weighted by molar-refractivity contribution is 0.699. The molecule has 18 heavy (non-hydrogen) atoms. The minimum Gasteiger partial charge on any atom is -0.328 e. The third kappa shape index (κ3) is 2.33. The molecule has 0 amide bonds. The Balaban J connectivity index is 2.32. The van der Waals surface area contributed by atoms with Crippen molar-refractivity contribution in [3.63, 3.8) is 0 Å². The minimum absolute atomic E-state index is 0.743. The van der Waals surface area contributed by atoms with Crippen molar-refractivity contribution in [2.45, 2.75) is 19.9 Å². The van der Waals surface area contributed by atoms with Crippen molar-refractivity contribution >= 4 is 35.1 Å². The van der Waals surface area contributed by atoms with Gasteiger partial charge < -0.3 is 9.55 Å². The van der Waals surface area contributed by atoms with Gasteiger partial charge in [0.15, 0.2) is 10.4 Å². The topological polar surface area (TPSA) is 38.5 Å². The molecule has 0 bridgehead atoms. The number of hydrogen-bond acceptors (Lipinski definition) is 3. The number of imidazole rings is 1. The van der Waals surface area contributed by atoms with E-state index in [4.69, 9.17) is 18.6 Å². The van der Waals surface area contributed by atoms with Gasteiger partial charge in [0.1, 0.15) is 5.52 Å². The fraction of sp³-hybridized carbons (Fsp3) is 0.500. The van der Waals surface area contributed by atoms with Gasteiger partial charge in [-0.2, -0.15) is 5.10 Å². The Hall–Kier alpha value is -1.19. The van der Waals surface area contributed by atoms with Gasteiger partial charge in [0.25, 0.3) is 0 Å². The molecule has 2 rings (SSSR count). The summed E-state index contributed by atoms with van der Waals surface area (Å²) in [5, 5.41) is 4.49. The zero-order chi connectivity index (χ0) is 13.1. The second kappa shape index (κ2) is 5.63. The van der Waals surface area contributed by atoms with Crippen molar-refractivity contribution in [1.29, 1.82) is 0 Å². The first-order valence-electron chi connectivity index (χ1n) is 5.84. The van der Waals surface area contributed by atoms with Gasteiger partial charge in [0.2, 0.25) is 0 Å². The monoisotopic (exact) mass is 280 g/mol. The van der Waals surface area contributed by atoms with E-state index in [-0.39, 0.29) is 0 Å². The number of hydrogen-bond donors (Lipinski definition) is 1. The first-order valence-corrected chi connectivity index (χ1v) is 7.41. The summed E-state index contributed by atoms with van der Waals surface area (Å²) in [7, 11) is 1.95. The molecular formula is C12H16N4S2. The molecule has 0 aliphatic heterocycles. The molecule has 6 heteroatoms. The van der Waals surface area contributed by atoms with Crippen LogP contribution in [0, 0.1) is 17.1 Å². The van der Waals surface area contributed by atoms with Gasteiger partial charge in [0.05, 0.1) is 11.4 Å². The van der Waals surface area contributed by atoms with E-state index in [1.165, 1.54) is 0 Å². The number of rotatable bonds is 5. The van der Waals surface area contributed by atoms with Gasteiger partial charge >= 0.3 is 0 Å². The minimum atomic E-state index is 0.743. The molecule has 0 aliphatic rings. The maximum atomic E-state index is 5.37. The van der Waals surface area contributed by atoms with Crippen LogP contribution in [0.4, 0.5) is 0 Å². The van der Waals surface area contributed by atoms with Crippen molar-refractivity contribution < 1.29 is 0 Å². The predicted octanol–water partition coefficient (Wildman–Crippen LogP) is 2.36. The molecule has 4 nitrogen and oxygen atoms in total. The van der Waals surface area contributed by atoms with Crippen LogP contribution in [0.2, 0.25) is 0 Å². The van der Waals surface area contributed by atoms with E-state index in [0.717, 1.165) is 46.1 Å². The molecule has 0 saturated carbocycles. The second-order valence-electron chi connectivity index (χ2n) is 3.96. The maximum Gasteiger partial charge on any atom is 0.179 e. The molecule has 0 aromatic carbocycles. The highest BCUT2D eigenvalue weighted by Gasteiger charge is 2.13. The molecule has 0 saturated heterocycles. The second-order valence-corrected chi connectivity index (χ2v) is 5.45. The number of nitrogens with zero attached hydrogens (tertiary/aromatic N) is 3. The average Bonchev–Trinajstić information content (AvgIpc) is 2.83. The average molecular weight is 280 g/mol. The summed E-state index contributed by atoms with van der Waals surface area (Å²) in [6.45, 7) is 2.95. The summed E-state index contributed by atoms with van der Waals surface area (Å²) in [6.07, 6.45) is 6.14. The molecule has 96 valence electrons. The van der Waals surface area contributed by atoms with E-state index in [0.29, 0.717) is 0 Å². The third-order valence-corrected chi connectivity index (χ3v) is 3.97. The predicted molar refractivity (Wildman–Crippen MR) is 79.4 cm³/mol. The Morgan fingerprint density at radius 1 is 1.56 bits per heavy atom. The quantitative estimate of drug-likeness (QED) is 0.519. The van der Waals surface area contributed by atoms with Crippen molar-refractivity contribution in [2.24, 2.45) is 7.05 Å². The number of aromatic amines is 1. The molecule has 0 unspecified atom stereocenters. The lowest BCUT2D eigenvalue weighted by Gasteiger charge is -2.03. The standard InChI is InChI=1S/C12H16N4S2/c1-4-7-18-8-6-16-11-10(13-12(16)17)9(5-2)14-15(11)3/h1H,5-8H2,2-3H3,(H,13,17). The molecule has 0 spiro atoms. The number of fused-ring (bicyclic) bond motifs is 1. The van der Waals surface area contributed by atoms with Crippen molar-refractivity contribution in [3.05, 3.63) is 10.5 Å². The van der Waals surface area contributed by atoms with Gasteiger partial charge in [-0.1, -0.05) is 12.8 Å². The van der Waals surface area contributed by atoms with Crippen molar-refractivity contribution in [1.82, 2.24) is 19.3 Å². The Kier molecular flexibility index (Phi) is 4.15. The normalized spacial score (nSPS) is 10.9. The van der Waals surface area contributed by atoms with Crippen LogP contribution >= 0.6 is 24.0 Å². The largest absolute Gasteiger partial charge is 0.328 e.